The van der Waals surface area contributed by atoms with Crippen LogP contribution in [0.3, 0.4) is 0 Å². The molecule has 2 unspecified atom stereocenters. The SMILES string of the molecule is C1=CC2=Cc3c(oc4cccc(-c5ccc(C6N=C(c7ccccc7)NC(c7ccccc7-c7ccccc7)=N6)c6ccccc56)c34)NC2C=C1. The average molecular weight is 657 g/mol. The molecule has 1 aromatic heterocycles. The fourth-order valence-corrected chi connectivity index (χ4v) is 7.59. The highest BCUT2D eigenvalue weighted by atomic mass is 16.4. The van der Waals surface area contributed by atoms with Gasteiger partial charge in [-0.2, -0.15) is 0 Å². The number of benzene rings is 6. The van der Waals surface area contributed by atoms with Crippen molar-refractivity contribution in [3.8, 4) is 22.3 Å². The molecule has 10 rings (SSSR count). The van der Waals surface area contributed by atoms with Crippen molar-refractivity contribution in [1.29, 1.82) is 0 Å². The summed E-state index contributed by atoms with van der Waals surface area (Å²) in [6.07, 6.45) is 10.3. The molecular weight excluding hydrogens is 625 g/mol. The molecule has 0 bridgehead atoms. The van der Waals surface area contributed by atoms with Gasteiger partial charge >= 0.3 is 0 Å². The van der Waals surface area contributed by atoms with Gasteiger partial charge in [0.05, 0.1) is 6.04 Å². The highest BCUT2D eigenvalue weighted by Gasteiger charge is 2.27. The Morgan fingerprint density at radius 2 is 1.25 bits per heavy atom. The van der Waals surface area contributed by atoms with E-state index < -0.39 is 6.17 Å². The second kappa shape index (κ2) is 12.0. The van der Waals surface area contributed by atoms with Gasteiger partial charge in [0.1, 0.15) is 17.3 Å². The lowest BCUT2D eigenvalue weighted by Gasteiger charge is -2.25. The van der Waals surface area contributed by atoms with E-state index in [1.54, 1.807) is 0 Å². The maximum atomic E-state index is 6.43. The number of amidine groups is 2. The van der Waals surface area contributed by atoms with Crippen molar-refractivity contribution in [2.45, 2.75) is 12.2 Å². The van der Waals surface area contributed by atoms with Crippen LogP contribution in [0, 0.1) is 0 Å². The molecule has 2 N–H and O–H groups in total. The van der Waals surface area contributed by atoms with Gasteiger partial charge in [0.2, 0.25) is 5.88 Å². The first-order valence-corrected chi connectivity index (χ1v) is 17.3. The van der Waals surface area contributed by atoms with Crippen LogP contribution in [0.4, 0.5) is 5.88 Å². The maximum Gasteiger partial charge on any atom is 0.202 e. The first-order chi connectivity index (χ1) is 25.3. The van der Waals surface area contributed by atoms with Gasteiger partial charge in [0.25, 0.3) is 0 Å². The number of nitrogens with zero attached hydrogens (tertiary/aromatic N) is 2. The molecule has 6 aromatic carbocycles. The molecule has 5 nitrogen and oxygen atoms in total. The van der Waals surface area contributed by atoms with Crippen molar-refractivity contribution >= 4 is 45.4 Å². The molecule has 0 fully saturated rings. The standard InChI is InChI=1S/C46H32N4O/c1-3-14-29(15-4-1)32-19-8-11-22-37(32)44-48-43(30-16-5-2-6-17-30)49-45(50-44)38-27-26-35(33-20-9-10-21-34(33)38)36-23-13-25-41-42(36)39-28-31-18-7-12-24-40(31)47-46(39)51-41/h1-28,40,45,47H,(H,48,49,50). The fraction of sp³-hybridized carbons (Fsp3) is 0.0435. The molecule has 5 heteroatoms. The number of allylic oxidation sites excluding steroid dienone is 2. The molecule has 0 spiro atoms. The van der Waals surface area contributed by atoms with E-state index in [0.29, 0.717) is 0 Å². The lowest BCUT2D eigenvalue weighted by Crippen LogP contribution is -2.36. The summed E-state index contributed by atoms with van der Waals surface area (Å²) >= 11 is 0. The first-order valence-electron chi connectivity index (χ1n) is 17.3. The molecule has 3 aliphatic rings. The quantitative estimate of drug-likeness (QED) is 0.194. The number of furan rings is 1. The number of nitrogens with one attached hydrogen (secondary N) is 2. The normalized spacial score (nSPS) is 17.5. The summed E-state index contributed by atoms with van der Waals surface area (Å²) in [7, 11) is 0. The Kier molecular flexibility index (Phi) is 6.88. The Morgan fingerprint density at radius 3 is 2.10 bits per heavy atom. The minimum atomic E-state index is -0.464. The summed E-state index contributed by atoms with van der Waals surface area (Å²) in [4.78, 5) is 10.6. The molecule has 1 aliphatic carbocycles. The molecule has 0 saturated heterocycles. The summed E-state index contributed by atoms with van der Waals surface area (Å²) < 4.78 is 6.43. The number of fused-ring (bicyclic) bond motifs is 5. The number of hydrogen-bond acceptors (Lipinski definition) is 5. The van der Waals surface area contributed by atoms with Crippen LogP contribution in [0.1, 0.15) is 28.4 Å². The van der Waals surface area contributed by atoms with Gasteiger partial charge in [0, 0.05) is 27.6 Å². The highest BCUT2D eigenvalue weighted by molar-refractivity contribution is 6.18. The van der Waals surface area contributed by atoms with E-state index in [1.807, 2.05) is 24.3 Å². The average Bonchev–Trinajstić information content (AvgIpc) is 3.57. The lowest BCUT2D eigenvalue weighted by molar-refractivity contribution is 0.622. The van der Waals surface area contributed by atoms with E-state index in [4.69, 9.17) is 14.4 Å². The van der Waals surface area contributed by atoms with Gasteiger partial charge in [-0.25, -0.2) is 9.98 Å². The lowest BCUT2D eigenvalue weighted by atomic mass is 9.90. The molecule has 51 heavy (non-hydrogen) atoms. The largest absolute Gasteiger partial charge is 0.440 e. The van der Waals surface area contributed by atoms with E-state index in [9.17, 15) is 0 Å². The Bertz CT molecular complexity index is 2640. The third-order valence-corrected chi connectivity index (χ3v) is 9.99. The monoisotopic (exact) mass is 656 g/mol. The number of rotatable bonds is 5. The van der Waals surface area contributed by atoms with Crippen molar-refractivity contribution in [3.63, 3.8) is 0 Å². The minimum absolute atomic E-state index is 0.114. The predicted molar refractivity (Wildman–Crippen MR) is 210 cm³/mol. The third-order valence-electron chi connectivity index (χ3n) is 9.99. The Balaban J connectivity index is 1.14. The van der Waals surface area contributed by atoms with Crippen LogP contribution in [0.2, 0.25) is 0 Å². The van der Waals surface area contributed by atoms with Crippen molar-refractivity contribution in [1.82, 2.24) is 5.32 Å². The molecule has 0 radical (unpaired) electrons. The second-order valence-electron chi connectivity index (χ2n) is 13.0. The van der Waals surface area contributed by atoms with Crippen LogP contribution in [-0.4, -0.2) is 17.7 Å². The summed E-state index contributed by atoms with van der Waals surface area (Å²) in [5, 5.41) is 10.6. The Morgan fingerprint density at radius 1 is 0.549 bits per heavy atom. The highest BCUT2D eigenvalue weighted by Crippen LogP contribution is 2.44. The zero-order chi connectivity index (χ0) is 33.7. The smallest absolute Gasteiger partial charge is 0.202 e. The Labute approximate surface area is 295 Å². The van der Waals surface area contributed by atoms with Crippen LogP contribution in [0.25, 0.3) is 50.1 Å². The van der Waals surface area contributed by atoms with Crippen molar-refractivity contribution in [3.05, 3.63) is 192 Å². The van der Waals surface area contributed by atoms with Gasteiger partial charge in [-0.15, -0.1) is 0 Å². The van der Waals surface area contributed by atoms with Crippen LogP contribution >= 0.6 is 0 Å². The predicted octanol–water partition coefficient (Wildman–Crippen LogP) is 10.7. The summed E-state index contributed by atoms with van der Waals surface area (Å²) in [5.41, 5.74) is 10.8. The zero-order valence-corrected chi connectivity index (χ0v) is 27.6. The summed E-state index contributed by atoms with van der Waals surface area (Å²) in [5.74, 6) is 2.39. The van der Waals surface area contributed by atoms with Gasteiger partial charge in [-0.1, -0.05) is 158 Å². The van der Waals surface area contributed by atoms with Crippen LogP contribution < -0.4 is 10.6 Å². The van der Waals surface area contributed by atoms with E-state index in [2.05, 4.69) is 156 Å². The van der Waals surface area contributed by atoms with Crippen LogP contribution in [-0.2, 0) is 0 Å². The first kappa shape index (κ1) is 29.2. The fourth-order valence-electron chi connectivity index (χ4n) is 7.59. The zero-order valence-electron chi connectivity index (χ0n) is 27.6. The Hall–Kier alpha value is -6.72. The van der Waals surface area contributed by atoms with Crippen LogP contribution in [0.5, 0.6) is 0 Å². The van der Waals surface area contributed by atoms with E-state index in [1.165, 1.54) is 5.57 Å². The molecule has 2 aliphatic heterocycles. The van der Waals surface area contributed by atoms with E-state index in [-0.39, 0.29) is 6.04 Å². The molecule has 3 heterocycles. The van der Waals surface area contributed by atoms with Crippen LogP contribution in [0.15, 0.2) is 184 Å². The van der Waals surface area contributed by atoms with Gasteiger partial charge < -0.3 is 15.1 Å². The maximum absolute atomic E-state index is 6.43. The molecule has 0 saturated carbocycles. The van der Waals surface area contributed by atoms with Gasteiger partial charge in [-0.05, 0) is 50.7 Å². The number of aliphatic imine (C=N–C) groups is 2. The summed E-state index contributed by atoms with van der Waals surface area (Å²) in [6.45, 7) is 0. The van der Waals surface area contributed by atoms with Crippen molar-refractivity contribution in [2.24, 2.45) is 9.98 Å². The van der Waals surface area contributed by atoms with Gasteiger partial charge in [0.15, 0.2) is 6.17 Å². The van der Waals surface area contributed by atoms with E-state index in [0.717, 1.165) is 83.8 Å². The molecule has 7 aromatic rings. The molecule has 0 amide bonds. The minimum Gasteiger partial charge on any atom is -0.440 e. The number of hydrogen-bond donors (Lipinski definition) is 2. The number of anilines is 1. The van der Waals surface area contributed by atoms with Gasteiger partial charge in [-0.3, -0.25) is 0 Å². The molecule has 242 valence electrons. The van der Waals surface area contributed by atoms with E-state index >= 15 is 0 Å². The third kappa shape index (κ3) is 5.01. The topological polar surface area (TPSA) is 61.9 Å². The van der Waals surface area contributed by atoms with Crippen molar-refractivity contribution < 1.29 is 4.42 Å². The van der Waals surface area contributed by atoms with Crippen molar-refractivity contribution in [2.75, 3.05) is 5.32 Å². The second-order valence-corrected chi connectivity index (χ2v) is 13.0. The summed E-state index contributed by atoms with van der Waals surface area (Å²) in [6, 6.07) is 48.7. The molecule has 2 atom stereocenters. The molecular formula is C46H32N4O.